The van der Waals surface area contributed by atoms with Crippen molar-refractivity contribution in [1.29, 1.82) is 0 Å². The Labute approximate surface area is 65.0 Å². The van der Waals surface area contributed by atoms with Gasteiger partial charge in [0.1, 0.15) is 0 Å². The molecule has 0 radical (unpaired) electrons. The first-order valence-electron chi connectivity index (χ1n) is 2.09. The van der Waals surface area contributed by atoms with E-state index in [9.17, 15) is 0 Å². The van der Waals surface area contributed by atoms with Crippen LogP contribution in [0.5, 0.6) is 0 Å². The minimum absolute atomic E-state index is 0. The lowest BCUT2D eigenvalue weighted by Crippen LogP contribution is -3.00. The van der Waals surface area contributed by atoms with Gasteiger partial charge in [0.05, 0.1) is 5.75 Å². The summed E-state index contributed by atoms with van der Waals surface area (Å²) >= 11 is 1.85. The van der Waals surface area contributed by atoms with E-state index in [0.717, 1.165) is 0 Å². The summed E-state index contributed by atoms with van der Waals surface area (Å²) in [5.74, 6) is 1.24. The Balaban J connectivity index is 0.000000360. The molecule has 1 atom stereocenters. The van der Waals surface area contributed by atoms with E-state index in [1.807, 2.05) is 17.3 Å². The molecule has 0 amide bonds. The van der Waals surface area contributed by atoms with E-state index in [2.05, 4.69) is 11.9 Å². The molecular formula is C4H8INS. The molecule has 0 aromatic heterocycles. The molecule has 1 rings (SSSR count). The van der Waals surface area contributed by atoms with Crippen molar-refractivity contribution in [2.45, 2.75) is 13.0 Å². The summed E-state index contributed by atoms with van der Waals surface area (Å²) in [5.41, 5.74) is 2.05. The Kier molecular flexibility index (Phi) is 4.11. The first-order chi connectivity index (χ1) is 2.89. The summed E-state index contributed by atoms with van der Waals surface area (Å²) in [6.45, 7) is 2.18. The molecule has 0 aromatic rings. The third kappa shape index (κ3) is 2.54. The highest BCUT2D eigenvalue weighted by Crippen LogP contribution is 1.95. The molecule has 1 heterocycles. The van der Waals surface area contributed by atoms with Gasteiger partial charge in [0.2, 0.25) is 0 Å². The average Bonchev–Trinajstić information content (AvgIpc) is 1.86. The molecule has 0 bridgehead atoms. The molecule has 0 saturated carbocycles. The van der Waals surface area contributed by atoms with E-state index in [0.29, 0.717) is 6.04 Å². The van der Waals surface area contributed by atoms with Gasteiger partial charge in [0.15, 0.2) is 11.6 Å². The summed E-state index contributed by atoms with van der Waals surface area (Å²) in [4.78, 5) is 3.16. The van der Waals surface area contributed by atoms with Crippen LogP contribution in [-0.4, -0.2) is 17.3 Å². The maximum absolute atomic E-state index is 3.16. The number of hydrogen-bond acceptors (Lipinski definition) is 1. The Morgan fingerprint density at radius 1 is 1.86 bits per heavy atom. The fraction of sp³-hybridized carbons (Fsp3) is 0.750. The van der Waals surface area contributed by atoms with Gasteiger partial charge < -0.3 is 24.0 Å². The third-order valence-corrected chi connectivity index (χ3v) is 1.78. The second-order valence-corrected chi connectivity index (χ2v) is 2.42. The Bertz CT molecular complexity index is 74.1. The molecular weight excluding hydrogens is 221 g/mol. The predicted octanol–water partition coefficient (Wildman–Crippen LogP) is -3.77. The standard InChI is InChI=1S/C4H7NS.HI/c1-4-2-6-3-5-4;/h3-4H,2H2,1H3;1H. The lowest BCUT2D eigenvalue weighted by molar-refractivity contribution is -0.480. The lowest BCUT2D eigenvalue weighted by Gasteiger charge is -1.80. The van der Waals surface area contributed by atoms with E-state index in [1.54, 1.807) is 0 Å². The summed E-state index contributed by atoms with van der Waals surface area (Å²) < 4.78 is 0. The molecule has 1 aliphatic rings. The number of nitrogens with one attached hydrogen (secondary N) is 1. The van der Waals surface area contributed by atoms with E-state index in [4.69, 9.17) is 0 Å². The zero-order valence-electron chi connectivity index (χ0n) is 4.15. The van der Waals surface area contributed by atoms with Crippen molar-refractivity contribution in [1.82, 2.24) is 0 Å². The van der Waals surface area contributed by atoms with Gasteiger partial charge in [-0.25, -0.2) is 4.99 Å². The average molecular weight is 229 g/mol. The van der Waals surface area contributed by atoms with Gasteiger partial charge in [0, 0.05) is 0 Å². The largest absolute Gasteiger partial charge is 1.00 e. The number of hydrogen-bond donors (Lipinski definition) is 1. The van der Waals surface area contributed by atoms with Gasteiger partial charge in [-0.15, -0.1) is 0 Å². The van der Waals surface area contributed by atoms with Gasteiger partial charge >= 0.3 is 0 Å². The molecule has 0 aromatic carbocycles. The van der Waals surface area contributed by atoms with Gasteiger partial charge in [-0.3, -0.25) is 0 Å². The molecule has 7 heavy (non-hydrogen) atoms. The van der Waals surface area contributed by atoms with Gasteiger partial charge in [0.25, 0.3) is 0 Å². The fourth-order valence-electron chi connectivity index (χ4n) is 0.405. The van der Waals surface area contributed by atoms with Gasteiger partial charge in [-0.05, 0) is 6.92 Å². The first-order valence-corrected chi connectivity index (χ1v) is 3.14. The molecule has 1 nitrogen and oxygen atoms in total. The second kappa shape index (κ2) is 3.72. The van der Waals surface area contributed by atoms with E-state index >= 15 is 0 Å². The quantitative estimate of drug-likeness (QED) is 0.421. The Morgan fingerprint density at radius 3 is 2.71 bits per heavy atom. The van der Waals surface area contributed by atoms with Crippen molar-refractivity contribution in [3.8, 4) is 0 Å². The van der Waals surface area contributed by atoms with Crippen LogP contribution in [0.1, 0.15) is 6.92 Å². The number of rotatable bonds is 0. The SMILES string of the molecule is CC1CSC=[NH+]1.[I-]. The van der Waals surface area contributed by atoms with Crippen molar-refractivity contribution in [3.63, 3.8) is 0 Å². The van der Waals surface area contributed by atoms with Gasteiger partial charge in [-0.2, -0.15) is 0 Å². The second-order valence-electron chi connectivity index (χ2n) is 1.52. The van der Waals surface area contributed by atoms with Crippen LogP contribution in [0.15, 0.2) is 0 Å². The van der Waals surface area contributed by atoms with Crippen LogP contribution in [0.25, 0.3) is 0 Å². The van der Waals surface area contributed by atoms with E-state index in [1.165, 1.54) is 5.75 Å². The predicted molar refractivity (Wildman–Crippen MR) is 28.9 cm³/mol. The summed E-state index contributed by atoms with van der Waals surface area (Å²) in [6, 6.07) is 0.704. The van der Waals surface area contributed by atoms with Crippen molar-refractivity contribution < 1.29 is 29.0 Å². The van der Waals surface area contributed by atoms with Crippen molar-refractivity contribution >= 4 is 17.3 Å². The molecule has 0 aliphatic carbocycles. The summed E-state index contributed by atoms with van der Waals surface area (Å²) in [7, 11) is 0. The summed E-state index contributed by atoms with van der Waals surface area (Å²) in [5, 5.41) is 0. The minimum atomic E-state index is 0. The third-order valence-electron chi connectivity index (χ3n) is 0.782. The zero-order chi connectivity index (χ0) is 4.41. The van der Waals surface area contributed by atoms with Crippen LogP contribution in [0.3, 0.4) is 0 Å². The highest BCUT2D eigenvalue weighted by molar-refractivity contribution is 8.12. The monoisotopic (exact) mass is 229 g/mol. The number of halogens is 1. The van der Waals surface area contributed by atoms with Crippen LogP contribution in [0.2, 0.25) is 0 Å². The van der Waals surface area contributed by atoms with Crippen molar-refractivity contribution in [3.05, 3.63) is 0 Å². The van der Waals surface area contributed by atoms with Crippen molar-refractivity contribution in [2.24, 2.45) is 0 Å². The highest BCUT2D eigenvalue weighted by Gasteiger charge is 2.08. The molecule has 0 fully saturated rings. The zero-order valence-corrected chi connectivity index (χ0v) is 7.12. The molecule has 0 saturated heterocycles. The Morgan fingerprint density at radius 2 is 2.57 bits per heavy atom. The van der Waals surface area contributed by atoms with Crippen LogP contribution in [0.4, 0.5) is 0 Å². The Hall–Kier alpha value is 0.750. The molecule has 42 valence electrons. The fourth-order valence-corrected chi connectivity index (χ4v) is 1.21. The lowest BCUT2D eigenvalue weighted by atomic mass is 10.4. The molecule has 1 N–H and O–H groups in total. The van der Waals surface area contributed by atoms with Crippen LogP contribution in [-0.2, 0) is 0 Å². The van der Waals surface area contributed by atoms with E-state index in [-0.39, 0.29) is 24.0 Å². The number of thioether (sulfide) groups is 1. The van der Waals surface area contributed by atoms with Crippen LogP contribution in [0, 0.1) is 0 Å². The highest BCUT2D eigenvalue weighted by atomic mass is 127. The van der Waals surface area contributed by atoms with E-state index < -0.39 is 0 Å². The molecule has 1 aliphatic heterocycles. The summed E-state index contributed by atoms with van der Waals surface area (Å²) in [6.07, 6.45) is 0. The normalized spacial score (nSPS) is 27.3. The minimum Gasteiger partial charge on any atom is -1.00 e. The first kappa shape index (κ1) is 7.75. The van der Waals surface area contributed by atoms with Gasteiger partial charge in [-0.1, -0.05) is 11.8 Å². The maximum atomic E-state index is 3.16. The maximum Gasteiger partial charge on any atom is 0.196 e. The van der Waals surface area contributed by atoms with Crippen LogP contribution >= 0.6 is 11.8 Å². The van der Waals surface area contributed by atoms with Crippen molar-refractivity contribution in [2.75, 3.05) is 5.75 Å². The molecule has 1 unspecified atom stereocenters. The molecule has 0 spiro atoms. The topological polar surface area (TPSA) is 14.0 Å². The smallest absolute Gasteiger partial charge is 0.196 e. The van der Waals surface area contributed by atoms with Crippen LogP contribution < -0.4 is 29.0 Å². The molecule has 3 heteroatoms.